The predicted molar refractivity (Wildman–Crippen MR) is 93.5 cm³/mol. The molecular weight excluding hydrogens is 332 g/mol. The van der Waals surface area contributed by atoms with Gasteiger partial charge in [0.2, 0.25) is 0 Å². The van der Waals surface area contributed by atoms with Gasteiger partial charge < -0.3 is 4.74 Å². The van der Waals surface area contributed by atoms with Crippen molar-refractivity contribution in [2.24, 2.45) is 4.36 Å². The molecule has 0 N–H and O–H groups in total. The Morgan fingerprint density at radius 3 is 2.26 bits per heavy atom. The van der Waals surface area contributed by atoms with E-state index in [1.54, 1.807) is 24.3 Å². The standard InChI is InChI=1S/C17H19ClN2O2S/c1-14-2-8-17(9-3-14)23(21,20-10-12-22-13-11-20)19-16-6-4-15(18)5-7-16/h2-9H,10-13H2,1H3. The second kappa shape index (κ2) is 7.01. The van der Waals surface area contributed by atoms with Crippen molar-refractivity contribution in [1.29, 1.82) is 0 Å². The second-order valence-electron chi connectivity index (χ2n) is 5.42. The number of nitrogens with zero attached hydrogens (tertiary/aromatic N) is 2. The van der Waals surface area contributed by atoms with Crippen LogP contribution in [0.3, 0.4) is 0 Å². The first kappa shape index (κ1) is 16.5. The summed E-state index contributed by atoms with van der Waals surface area (Å²) < 4.78 is 25.7. The third-order valence-electron chi connectivity index (χ3n) is 3.70. The molecule has 1 saturated heterocycles. The van der Waals surface area contributed by atoms with E-state index >= 15 is 0 Å². The van der Waals surface area contributed by atoms with Crippen LogP contribution < -0.4 is 0 Å². The number of ether oxygens (including phenoxy) is 1. The van der Waals surface area contributed by atoms with Gasteiger partial charge in [0.15, 0.2) is 0 Å². The van der Waals surface area contributed by atoms with Crippen molar-refractivity contribution in [3.8, 4) is 0 Å². The second-order valence-corrected chi connectivity index (χ2v) is 8.02. The minimum atomic E-state index is -2.72. The average molecular weight is 351 g/mol. The molecule has 1 heterocycles. The van der Waals surface area contributed by atoms with Crippen molar-refractivity contribution < 1.29 is 8.95 Å². The predicted octanol–water partition coefficient (Wildman–Crippen LogP) is 4.05. The number of rotatable bonds is 3. The number of halogens is 1. The van der Waals surface area contributed by atoms with Crippen molar-refractivity contribution >= 4 is 27.2 Å². The van der Waals surface area contributed by atoms with E-state index in [1.165, 1.54) is 0 Å². The van der Waals surface area contributed by atoms with Crippen molar-refractivity contribution in [3.05, 3.63) is 59.1 Å². The van der Waals surface area contributed by atoms with Gasteiger partial charge in [0.1, 0.15) is 9.92 Å². The Hall–Kier alpha value is -1.40. The highest BCUT2D eigenvalue weighted by Gasteiger charge is 2.25. The zero-order valence-corrected chi connectivity index (χ0v) is 14.5. The Balaban J connectivity index is 2.10. The summed E-state index contributed by atoms with van der Waals surface area (Å²) in [7, 11) is -2.72. The van der Waals surface area contributed by atoms with Crippen LogP contribution in [-0.4, -0.2) is 34.8 Å². The highest BCUT2D eigenvalue weighted by Crippen LogP contribution is 2.26. The molecule has 1 aliphatic heterocycles. The van der Waals surface area contributed by atoms with E-state index in [-0.39, 0.29) is 0 Å². The van der Waals surface area contributed by atoms with Crippen LogP contribution in [0.2, 0.25) is 5.02 Å². The Morgan fingerprint density at radius 2 is 1.65 bits per heavy atom. The molecule has 2 aromatic rings. The summed E-state index contributed by atoms with van der Waals surface area (Å²) >= 11 is 5.93. The van der Waals surface area contributed by atoms with Gasteiger partial charge >= 0.3 is 0 Å². The van der Waals surface area contributed by atoms with Gasteiger partial charge in [-0.25, -0.2) is 8.51 Å². The van der Waals surface area contributed by atoms with Crippen LogP contribution >= 0.6 is 11.6 Å². The summed E-state index contributed by atoms with van der Waals surface area (Å²) in [5.74, 6) is 0. The topological polar surface area (TPSA) is 41.9 Å². The van der Waals surface area contributed by atoms with E-state index in [0.717, 1.165) is 10.5 Å². The average Bonchev–Trinajstić information content (AvgIpc) is 2.58. The highest BCUT2D eigenvalue weighted by atomic mass is 35.5. The lowest BCUT2D eigenvalue weighted by Gasteiger charge is -2.29. The first-order valence-electron chi connectivity index (χ1n) is 7.50. The molecule has 2 aromatic carbocycles. The molecule has 1 unspecified atom stereocenters. The van der Waals surface area contributed by atoms with E-state index in [9.17, 15) is 4.21 Å². The van der Waals surface area contributed by atoms with Crippen molar-refractivity contribution in [2.75, 3.05) is 26.3 Å². The summed E-state index contributed by atoms with van der Waals surface area (Å²) in [6.45, 7) is 4.35. The monoisotopic (exact) mass is 350 g/mol. The molecule has 1 aliphatic rings. The van der Waals surface area contributed by atoms with Gasteiger partial charge in [0, 0.05) is 18.1 Å². The molecule has 0 radical (unpaired) electrons. The number of benzene rings is 2. The van der Waals surface area contributed by atoms with Gasteiger partial charge in [-0.15, -0.1) is 0 Å². The molecule has 0 amide bonds. The maximum atomic E-state index is 13.8. The third-order valence-corrected chi connectivity index (χ3v) is 6.37. The van der Waals surface area contributed by atoms with E-state index < -0.39 is 9.92 Å². The summed E-state index contributed by atoms with van der Waals surface area (Å²) in [5.41, 5.74) is 1.79. The fourth-order valence-electron chi connectivity index (χ4n) is 2.41. The number of morpholine rings is 1. The number of hydrogen-bond acceptors (Lipinski definition) is 3. The minimum Gasteiger partial charge on any atom is -0.379 e. The van der Waals surface area contributed by atoms with Crippen LogP contribution in [0.1, 0.15) is 5.56 Å². The zero-order chi connectivity index (χ0) is 16.3. The van der Waals surface area contributed by atoms with Crippen LogP contribution in [0, 0.1) is 6.92 Å². The lowest BCUT2D eigenvalue weighted by Crippen LogP contribution is -2.40. The van der Waals surface area contributed by atoms with Gasteiger partial charge in [-0.05, 0) is 43.3 Å². The smallest absolute Gasteiger partial charge is 0.144 e. The fraction of sp³-hybridized carbons (Fsp3) is 0.294. The fourth-order valence-corrected chi connectivity index (χ4v) is 4.60. The highest BCUT2D eigenvalue weighted by molar-refractivity contribution is 7.91. The molecule has 6 heteroatoms. The molecule has 4 nitrogen and oxygen atoms in total. The Morgan fingerprint density at radius 1 is 1.04 bits per heavy atom. The first-order chi connectivity index (χ1) is 11.1. The van der Waals surface area contributed by atoms with Crippen molar-refractivity contribution in [1.82, 2.24) is 4.31 Å². The summed E-state index contributed by atoms with van der Waals surface area (Å²) in [6, 6.07) is 14.8. The maximum absolute atomic E-state index is 13.8. The van der Waals surface area contributed by atoms with Crippen molar-refractivity contribution in [3.63, 3.8) is 0 Å². The molecule has 0 spiro atoms. The summed E-state index contributed by atoms with van der Waals surface area (Å²) in [6.07, 6.45) is 0. The lowest BCUT2D eigenvalue weighted by atomic mass is 10.2. The van der Waals surface area contributed by atoms with Crippen LogP contribution in [0.15, 0.2) is 57.8 Å². The van der Waals surface area contributed by atoms with Gasteiger partial charge in [-0.1, -0.05) is 29.3 Å². The Labute approximate surface area is 142 Å². The summed E-state index contributed by atoms with van der Waals surface area (Å²) in [5, 5.41) is 0.636. The molecular formula is C17H19ClN2O2S. The third kappa shape index (κ3) is 3.75. The van der Waals surface area contributed by atoms with Crippen LogP contribution in [0.25, 0.3) is 0 Å². The quantitative estimate of drug-likeness (QED) is 0.837. The number of aryl methyl sites for hydroxylation is 1. The van der Waals surface area contributed by atoms with Gasteiger partial charge in [0.25, 0.3) is 0 Å². The van der Waals surface area contributed by atoms with E-state index in [1.807, 2.05) is 35.5 Å². The maximum Gasteiger partial charge on any atom is 0.144 e. The Kier molecular flexibility index (Phi) is 5.02. The van der Waals surface area contributed by atoms with Crippen LogP contribution in [0.5, 0.6) is 0 Å². The molecule has 1 atom stereocenters. The number of hydrogen-bond donors (Lipinski definition) is 0. The molecule has 0 aromatic heterocycles. The Bertz CT molecular complexity index is 775. The van der Waals surface area contributed by atoms with Crippen LogP contribution in [-0.2, 0) is 14.7 Å². The van der Waals surface area contributed by atoms with E-state index in [2.05, 4.69) is 4.36 Å². The molecule has 0 aliphatic carbocycles. The molecule has 122 valence electrons. The molecule has 0 bridgehead atoms. The van der Waals surface area contributed by atoms with Crippen molar-refractivity contribution in [2.45, 2.75) is 11.8 Å². The van der Waals surface area contributed by atoms with Gasteiger partial charge in [0.05, 0.1) is 23.8 Å². The first-order valence-corrected chi connectivity index (χ1v) is 9.35. The van der Waals surface area contributed by atoms with E-state index in [4.69, 9.17) is 16.3 Å². The summed E-state index contributed by atoms with van der Waals surface area (Å²) in [4.78, 5) is 0.722. The largest absolute Gasteiger partial charge is 0.379 e. The molecule has 1 fully saturated rings. The van der Waals surface area contributed by atoms with Crippen LogP contribution in [0.4, 0.5) is 5.69 Å². The van der Waals surface area contributed by atoms with Gasteiger partial charge in [-0.3, -0.25) is 0 Å². The lowest BCUT2D eigenvalue weighted by molar-refractivity contribution is 0.0745. The van der Waals surface area contributed by atoms with Gasteiger partial charge in [-0.2, -0.15) is 4.36 Å². The molecule has 23 heavy (non-hydrogen) atoms. The zero-order valence-electron chi connectivity index (χ0n) is 12.9. The molecule has 0 saturated carbocycles. The van der Waals surface area contributed by atoms with E-state index in [0.29, 0.717) is 37.0 Å². The SMILES string of the molecule is Cc1ccc(S(=O)(=Nc2ccc(Cl)cc2)N2CCOCC2)cc1. The minimum absolute atomic E-state index is 0.568. The normalized spacial score (nSPS) is 18.3. The molecule has 3 rings (SSSR count).